The second-order valence-corrected chi connectivity index (χ2v) is 7.20. The Morgan fingerprint density at radius 3 is 2.65 bits per heavy atom. The maximum absolute atomic E-state index is 11.9. The number of carbonyl (C=O) groups is 1. The van der Waals surface area contributed by atoms with Gasteiger partial charge in [-0.15, -0.1) is 0 Å². The Bertz CT molecular complexity index is 529. The Kier molecular flexibility index (Phi) is 7.15. The van der Waals surface area contributed by atoms with Gasteiger partial charge in [-0.1, -0.05) is 29.3 Å². The third-order valence-corrected chi connectivity index (χ3v) is 4.91. The topological polar surface area (TPSA) is 58.4 Å². The van der Waals surface area contributed by atoms with E-state index in [-0.39, 0.29) is 18.0 Å². The molecule has 1 saturated heterocycles. The van der Waals surface area contributed by atoms with E-state index in [0.717, 1.165) is 38.9 Å². The van der Waals surface area contributed by atoms with Gasteiger partial charge in [-0.25, -0.2) is 0 Å². The summed E-state index contributed by atoms with van der Waals surface area (Å²) in [6.07, 6.45) is 3.21. The molecule has 2 rings (SSSR count). The zero-order valence-corrected chi connectivity index (χ0v) is 15.0. The Morgan fingerprint density at radius 2 is 2.04 bits per heavy atom. The fraction of sp³-hybridized carbons (Fsp3) is 0.588. The van der Waals surface area contributed by atoms with Crippen molar-refractivity contribution in [1.82, 2.24) is 10.2 Å². The van der Waals surface area contributed by atoms with E-state index in [1.54, 1.807) is 0 Å². The summed E-state index contributed by atoms with van der Waals surface area (Å²) < 4.78 is 0. The second-order valence-electron chi connectivity index (χ2n) is 6.38. The molecule has 0 aromatic heterocycles. The molecule has 6 heteroatoms. The molecule has 1 atom stereocenters. The third kappa shape index (κ3) is 6.30. The lowest BCUT2D eigenvalue weighted by Gasteiger charge is -2.32. The van der Waals surface area contributed by atoms with Crippen LogP contribution in [0.1, 0.15) is 38.2 Å². The molecule has 1 aliphatic rings. The van der Waals surface area contributed by atoms with Gasteiger partial charge in [-0.2, -0.15) is 0 Å². The number of amides is 1. The van der Waals surface area contributed by atoms with Crippen LogP contribution in [0.5, 0.6) is 0 Å². The number of nitrogens with two attached hydrogens (primary N) is 1. The number of nitrogens with zero attached hydrogens (tertiary/aromatic N) is 1. The summed E-state index contributed by atoms with van der Waals surface area (Å²) in [4.78, 5) is 14.2. The van der Waals surface area contributed by atoms with Crippen molar-refractivity contribution in [2.75, 3.05) is 13.1 Å². The predicted molar refractivity (Wildman–Crippen MR) is 95.8 cm³/mol. The van der Waals surface area contributed by atoms with Crippen LogP contribution >= 0.6 is 23.2 Å². The molecule has 23 heavy (non-hydrogen) atoms. The molecule has 1 aromatic carbocycles. The molecule has 3 N–H and O–H groups in total. The molecule has 4 nitrogen and oxygen atoms in total. The van der Waals surface area contributed by atoms with Crippen LogP contribution in [-0.4, -0.2) is 36.0 Å². The quantitative estimate of drug-likeness (QED) is 0.821. The van der Waals surface area contributed by atoms with Crippen molar-refractivity contribution in [3.8, 4) is 0 Å². The van der Waals surface area contributed by atoms with Crippen LogP contribution in [-0.2, 0) is 11.3 Å². The first kappa shape index (κ1) is 18.5. The Morgan fingerprint density at radius 1 is 1.35 bits per heavy atom. The molecule has 1 unspecified atom stereocenters. The summed E-state index contributed by atoms with van der Waals surface area (Å²) in [6, 6.07) is 6.13. The molecule has 1 amide bonds. The van der Waals surface area contributed by atoms with Crippen molar-refractivity contribution in [3.63, 3.8) is 0 Å². The summed E-state index contributed by atoms with van der Waals surface area (Å²) >= 11 is 12.0. The van der Waals surface area contributed by atoms with Crippen LogP contribution in [0.2, 0.25) is 10.0 Å². The molecule has 1 aliphatic heterocycles. The molecular formula is C17H25Cl2N3O. The number of benzene rings is 1. The summed E-state index contributed by atoms with van der Waals surface area (Å²) in [5.41, 5.74) is 6.85. The first-order chi connectivity index (χ1) is 10.9. The largest absolute Gasteiger partial charge is 0.353 e. The molecule has 1 aromatic rings. The lowest BCUT2D eigenvalue weighted by molar-refractivity contribution is -0.122. The van der Waals surface area contributed by atoms with Crippen molar-refractivity contribution in [2.24, 2.45) is 5.73 Å². The summed E-state index contributed by atoms with van der Waals surface area (Å²) in [7, 11) is 0. The zero-order chi connectivity index (χ0) is 16.8. The van der Waals surface area contributed by atoms with Crippen molar-refractivity contribution >= 4 is 29.1 Å². The standard InChI is InChI=1S/C17H25Cl2N3O/c1-12(20)2-5-17(23)21-14-6-8-22(9-7-14)11-13-3-4-15(18)16(19)10-13/h3-4,10,12,14H,2,5-9,11,20H2,1H3,(H,21,23). The molecule has 0 bridgehead atoms. The third-order valence-electron chi connectivity index (χ3n) is 4.17. The van der Waals surface area contributed by atoms with E-state index in [4.69, 9.17) is 28.9 Å². The lowest BCUT2D eigenvalue weighted by Crippen LogP contribution is -2.44. The highest BCUT2D eigenvalue weighted by atomic mass is 35.5. The van der Waals surface area contributed by atoms with Crippen molar-refractivity contribution in [3.05, 3.63) is 33.8 Å². The molecule has 1 heterocycles. The van der Waals surface area contributed by atoms with E-state index in [0.29, 0.717) is 16.5 Å². The highest BCUT2D eigenvalue weighted by molar-refractivity contribution is 6.42. The zero-order valence-electron chi connectivity index (χ0n) is 13.5. The normalized spacial score (nSPS) is 17.9. The number of hydrogen-bond acceptors (Lipinski definition) is 3. The minimum absolute atomic E-state index is 0.0776. The summed E-state index contributed by atoms with van der Waals surface area (Å²) in [5.74, 6) is 0.116. The SMILES string of the molecule is CC(N)CCC(=O)NC1CCN(Cc2ccc(Cl)c(Cl)c2)CC1. The smallest absolute Gasteiger partial charge is 0.220 e. The van der Waals surface area contributed by atoms with Gasteiger partial charge in [0.05, 0.1) is 10.0 Å². The number of likely N-dealkylation sites (tertiary alicyclic amines) is 1. The lowest BCUT2D eigenvalue weighted by atomic mass is 10.0. The van der Waals surface area contributed by atoms with E-state index >= 15 is 0 Å². The number of rotatable bonds is 6. The molecule has 128 valence electrons. The first-order valence-electron chi connectivity index (χ1n) is 8.15. The van der Waals surface area contributed by atoms with Crippen molar-refractivity contribution in [1.29, 1.82) is 0 Å². The van der Waals surface area contributed by atoms with E-state index < -0.39 is 0 Å². The second kappa shape index (κ2) is 8.88. The van der Waals surface area contributed by atoms with Gasteiger partial charge in [0, 0.05) is 38.1 Å². The summed E-state index contributed by atoms with van der Waals surface area (Å²) in [6.45, 7) is 4.73. The Hall–Kier alpha value is -0.810. The molecule has 0 radical (unpaired) electrons. The fourth-order valence-corrected chi connectivity index (χ4v) is 3.11. The van der Waals surface area contributed by atoms with E-state index in [9.17, 15) is 4.79 Å². The average molecular weight is 358 g/mol. The molecule has 0 saturated carbocycles. The maximum atomic E-state index is 11.9. The van der Waals surface area contributed by atoms with E-state index in [1.165, 1.54) is 5.56 Å². The fourth-order valence-electron chi connectivity index (χ4n) is 2.79. The van der Waals surface area contributed by atoms with Gasteiger partial charge in [0.15, 0.2) is 0 Å². The molecule has 0 spiro atoms. The average Bonchev–Trinajstić information content (AvgIpc) is 2.51. The van der Waals surface area contributed by atoms with Crippen LogP contribution in [0.15, 0.2) is 18.2 Å². The number of piperidine rings is 1. The number of halogens is 2. The van der Waals surface area contributed by atoms with Crippen LogP contribution in [0.3, 0.4) is 0 Å². The van der Waals surface area contributed by atoms with Gasteiger partial charge >= 0.3 is 0 Å². The molecule has 1 fully saturated rings. The van der Waals surface area contributed by atoms with Crippen LogP contribution in [0.25, 0.3) is 0 Å². The van der Waals surface area contributed by atoms with Crippen LogP contribution < -0.4 is 11.1 Å². The van der Waals surface area contributed by atoms with Gasteiger partial charge in [0.25, 0.3) is 0 Å². The van der Waals surface area contributed by atoms with Crippen LogP contribution in [0, 0.1) is 0 Å². The predicted octanol–water partition coefficient (Wildman–Crippen LogP) is 3.20. The van der Waals surface area contributed by atoms with Crippen molar-refractivity contribution < 1.29 is 4.79 Å². The van der Waals surface area contributed by atoms with Gasteiger partial charge in [-0.3, -0.25) is 9.69 Å². The maximum Gasteiger partial charge on any atom is 0.220 e. The Balaban J connectivity index is 1.73. The highest BCUT2D eigenvalue weighted by Gasteiger charge is 2.20. The first-order valence-corrected chi connectivity index (χ1v) is 8.91. The number of nitrogens with one attached hydrogen (secondary N) is 1. The number of hydrogen-bond donors (Lipinski definition) is 2. The van der Waals surface area contributed by atoms with Gasteiger partial charge < -0.3 is 11.1 Å². The minimum atomic E-state index is 0.0776. The van der Waals surface area contributed by atoms with Crippen molar-refractivity contribution in [2.45, 2.75) is 51.2 Å². The van der Waals surface area contributed by atoms with E-state index in [1.807, 2.05) is 25.1 Å². The summed E-state index contributed by atoms with van der Waals surface area (Å²) in [5, 5.41) is 4.30. The minimum Gasteiger partial charge on any atom is -0.353 e. The van der Waals surface area contributed by atoms with Crippen LogP contribution in [0.4, 0.5) is 0 Å². The van der Waals surface area contributed by atoms with Gasteiger partial charge in [-0.05, 0) is 43.9 Å². The monoisotopic (exact) mass is 357 g/mol. The highest BCUT2D eigenvalue weighted by Crippen LogP contribution is 2.24. The van der Waals surface area contributed by atoms with Gasteiger partial charge in [0.1, 0.15) is 0 Å². The van der Waals surface area contributed by atoms with Gasteiger partial charge in [0.2, 0.25) is 5.91 Å². The number of carbonyl (C=O) groups excluding carboxylic acids is 1. The van der Waals surface area contributed by atoms with E-state index in [2.05, 4.69) is 10.2 Å². The molecular weight excluding hydrogens is 333 g/mol. The Labute approximate surface area is 148 Å². The molecule has 0 aliphatic carbocycles.